The highest BCUT2D eigenvalue weighted by atomic mass is 32.2. The largest absolute Gasteiger partial charge is 0.465 e. The number of aryl methyl sites for hydroxylation is 1. The van der Waals surface area contributed by atoms with Crippen LogP contribution < -0.4 is 5.56 Å². The number of fused-ring (bicyclic) bond motifs is 1. The highest BCUT2D eigenvalue weighted by Gasteiger charge is 2.18. The number of aromatic amines is 1. The van der Waals surface area contributed by atoms with Crippen molar-refractivity contribution in [3.05, 3.63) is 27.7 Å². The fourth-order valence-corrected chi connectivity index (χ4v) is 3.14. The maximum Gasteiger partial charge on any atom is 0.338 e. The van der Waals surface area contributed by atoms with Crippen molar-refractivity contribution < 1.29 is 14.3 Å². The topological polar surface area (TPSA) is 105 Å². The maximum absolute atomic E-state index is 12.4. The van der Waals surface area contributed by atoms with Gasteiger partial charge in [0.15, 0.2) is 10.8 Å². The molecule has 0 unspecified atom stereocenters. The highest BCUT2D eigenvalue weighted by molar-refractivity contribution is 7.99. The van der Waals surface area contributed by atoms with Gasteiger partial charge in [0.05, 0.1) is 23.8 Å². The summed E-state index contributed by atoms with van der Waals surface area (Å²) in [4.78, 5) is 49.1. The smallest absolute Gasteiger partial charge is 0.338 e. The zero-order valence-corrected chi connectivity index (χ0v) is 15.4. The second-order valence-corrected chi connectivity index (χ2v) is 6.19. The number of carbonyl (C=O) groups is 2. The van der Waals surface area contributed by atoms with Crippen LogP contribution in [0.2, 0.25) is 0 Å². The molecule has 8 nitrogen and oxygen atoms in total. The summed E-state index contributed by atoms with van der Waals surface area (Å²) < 4.78 is 4.71. The first-order valence-corrected chi connectivity index (χ1v) is 8.80. The van der Waals surface area contributed by atoms with Gasteiger partial charge < -0.3 is 14.6 Å². The van der Waals surface area contributed by atoms with Gasteiger partial charge in [-0.25, -0.2) is 14.8 Å². The van der Waals surface area contributed by atoms with Crippen LogP contribution in [0.3, 0.4) is 0 Å². The van der Waals surface area contributed by atoms with Crippen LogP contribution >= 0.6 is 11.8 Å². The Morgan fingerprint density at radius 1 is 1.28 bits per heavy atom. The summed E-state index contributed by atoms with van der Waals surface area (Å²) in [6.07, 6.45) is 0. The van der Waals surface area contributed by atoms with Crippen LogP contribution in [0.4, 0.5) is 0 Å². The average Bonchev–Trinajstić information content (AvgIpc) is 2.59. The standard InChI is InChI=1S/C16H20N4O4S/c1-5-20(6-2)11(21)8-25-16-18-13-12(14(22)19-16)10(15(23)24-4)7-9(3)17-13/h7H,5-6,8H2,1-4H3,(H,17,18,19,22). The van der Waals surface area contributed by atoms with Crippen molar-refractivity contribution in [3.8, 4) is 0 Å². The molecule has 0 aliphatic heterocycles. The van der Waals surface area contributed by atoms with Gasteiger partial charge in [0.25, 0.3) is 5.56 Å². The highest BCUT2D eigenvalue weighted by Crippen LogP contribution is 2.18. The van der Waals surface area contributed by atoms with Gasteiger partial charge in [0.1, 0.15) is 0 Å². The van der Waals surface area contributed by atoms with Crippen molar-refractivity contribution in [1.82, 2.24) is 19.9 Å². The fourth-order valence-electron chi connectivity index (χ4n) is 2.38. The van der Waals surface area contributed by atoms with E-state index in [0.29, 0.717) is 18.8 Å². The second kappa shape index (κ2) is 8.11. The Kier molecular flexibility index (Phi) is 6.13. The molecule has 0 spiro atoms. The zero-order chi connectivity index (χ0) is 18.6. The minimum Gasteiger partial charge on any atom is -0.465 e. The number of hydrogen-bond acceptors (Lipinski definition) is 7. The van der Waals surface area contributed by atoms with Crippen molar-refractivity contribution in [1.29, 1.82) is 0 Å². The molecule has 0 saturated heterocycles. The van der Waals surface area contributed by atoms with E-state index in [0.717, 1.165) is 11.8 Å². The maximum atomic E-state index is 12.4. The number of H-pyrrole nitrogens is 1. The molecule has 0 atom stereocenters. The molecule has 134 valence electrons. The van der Waals surface area contributed by atoms with Gasteiger partial charge >= 0.3 is 5.97 Å². The molecule has 0 radical (unpaired) electrons. The normalized spacial score (nSPS) is 10.7. The lowest BCUT2D eigenvalue weighted by molar-refractivity contribution is -0.127. The molecule has 0 fully saturated rings. The molecule has 1 amide bonds. The van der Waals surface area contributed by atoms with E-state index in [-0.39, 0.29) is 33.4 Å². The van der Waals surface area contributed by atoms with E-state index < -0.39 is 11.5 Å². The Morgan fingerprint density at radius 3 is 2.56 bits per heavy atom. The molecule has 0 bridgehead atoms. The van der Waals surface area contributed by atoms with E-state index in [1.54, 1.807) is 11.8 Å². The van der Waals surface area contributed by atoms with E-state index >= 15 is 0 Å². The van der Waals surface area contributed by atoms with Crippen LogP contribution in [0, 0.1) is 6.92 Å². The molecule has 0 saturated carbocycles. The van der Waals surface area contributed by atoms with Crippen LogP contribution in [0.25, 0.3) is 11.0 Å². The van der Waals surface area contributed by atoms with Crippen molar-refractivity contribution in [2.75, 3.05) is 26.0 Å². The first-order valence-electron chi connectivity index (χ1n) is 7.81. The summed E-state index contributed by atoms with van der Waals surface area (Å²) >= 11 is 1.13. The number of esters is 1. The van der Waals surface area contributed by atoms with E-state index in [4.69, 9.17) is 4.74 Å². The molecule has 2 heterocycles. The number of rotatable bonds is 6. The lowest BCUT2D eigenvalue weighted by Gasteiger charge is -2.17. The third-order valence-electron chi connectivity index (χ3n) is 3.64. The van der Waals surface area contributed by atoms with Gasteiger partial charge in [-0.1, -0.05) is 11.8 Å². The number of nitrogens with one attached hydrogen (secondary N) is 1. The predicted octanol–water partition coefficient (Wildman–Crippen LogP) is 1.37. The number of amides is 1. The first-order chi connectivity index (χ1) is 11.9. The molecule has 0 aliphatic rings. The minimum atomic E-state index is -0.625. The summed E-state index contributed by atoms with van der Waals surface area (Å²) in [6, 6.07) is 1.49. The molecule has 25 heavy (non-hydrogen) atoms. The summed E-state index contributed by atoms with van der Waals surface area (Å²) in [5.41, 5.74) is 0.327. The van der Waals surface area contributed by atoms with Gasteiger partial charge in [-0.15, -0.1) is 0 Å². The van der Waals surface area contributed by atoms with Crippen molar-refractivity contribution in [3.63, 3.8) is 0 Å². The summed E-state index contributed by atoms with van der Waals surface area (Å²) in [5, 5.41) is 0.365. The predicted molar refractivity (Wildman–Crippen MR) is 94.9 cm³/mol. The van der Waals surface area contributed by atoms with Gasteiger partial charge in [-0.05, 0) is 26.8 Å². The van der Waals surface area contributed by atoms with Crippen LogP contribution in [-0.2, 0) is 9.53 Å². The molecule has 0 aliphatic carbocycles. The second-order valence-electron chi connectivity index (χ2n) is 5.23. The Hall–Kier alpha value is -2.42. The average molecular weight is 364 g/mol. The van der Waals surface area contributed by atoms with Gasteiger partial charge in [-0.3, -0.25) is 9.59 Å². The van der Waals surface area contributed by atoms with Crippen molar-refractivity contribution in [2.24, 2.45) is 0 Å². The number of aromatic nitrogens is 3. The Balaban J connectivity index is 2.38. The Morgan fingerprint density at radius 2 is 1.96 bits per heavy atom. The number of thioether (sulfide) groups is 1. The fraction of sp³-hybridized carbons (Fsp3) is 0.438. The molecule has 2 aromatic heterocycles. The lowest BCUT2D eigenvalue weighted by atomic mass is 10.1. The minimum absolute atomic E-state index is 0.0369. The molecule has 0 aromatic carbocycles. The molecule has 2 aromatic rings. The van der Waals surface area contributed by atoms with Crippen LogP contribution in [0.5, 0.6) is 0 Å². The summed E-state index contributed by atoms with van der Waals surface area (Å²) in [7, 11) is 1.24. The van der Waals surface area contributed by atoms with E-state index in [1.807, 2.05) is 13.8 Å². The van der Waals surface area contributed by atoms with E-state index in [2.05, 4.69) is 15.0 Å². The quantitative estimate of drug-likeness (QED) is 0.469. The van der Waals surface area contributed by atoms with Crippen LogP contribution in [0.1, 0.15) is 29.9 Å². The van der Waals surface area contributed by atoms with E-state index in [1.165, 1.54) is 13.2 Å². The lowest BCUT2D eigenvalue weighted by Crippen LogP contribution is -2.32. The van der Waals surface area contributed by atoms with Gasteiger partial charge in [0.2, 0.25) is 5.91 Å². The molecular weight excluding hydrogens is 344 g/mol. The van der Waals surface area contributed by atoms with Crippen molar-refractivity contribution >= 4 is 34.7 Å². The van der Waals surface area contributed by atoms with Crippen molar-refractivity contribution in [2.45, 2.75) is 25.9 Å². The number of hydrogen-bond donors (Lipinski definition) is 1. The molecule has 1 N–H and O–H groups in total. The number of carbonyl (C=O) groups excluding carboxylic acids is 2. The molecular formula is C16H20N4O4S. The first kappa shape index (κ1) is 18.9. The Bertz CT molecular complexity index is 861. The molecule has 9 heteroatoms. The number of nitrogens with zero attached hydrogens (tertiary/aromatic N) is 3. The van der Waals surface area contributed by atoms with Gasteiger partial charge in [-0.2, -0.15) is 0 Å². The van der Waals surface area contributed by atoms with Crippen LogP contribution in [0.15, 0.2) is 16.0 Å². The zero-order valence-electron chi connectivity index (χ0n) is 14.6. The van der Waals surface area contributed by atoms with Gasteiger partial charge in [0, 0.05) is 18.8 Å². The molecule has 2 rings (SSSR count). The third-order valence-corrected chi connectivity index (χ3v) is 4.50. The summed E-state index contributed by atoms with van der Waals surface area (Å²) in [5.74, 6) is -0.503. The monoisotopic (exact) mass is 364 g/mol. The third kappa shape index (κ3) is 4.16. The number of ether oxygens (including phenoxy) is 1. The van der Waals surface area contributed by atoms with E-state index in [9.17, 15) is 14.4 Å². The SMILES string of the molecule is CCN(CC)C(=O)CSc1nc2nc(C)cc(C(=O)OC)c2c(=O)[nH]1. The Labute approximate surface area is 149 Å². The summed E-state index contributed by atoms with van der Waals surface area (Å²) in [6.45, 7) is 6.76. The number of pyridine rings is 1. The van der Waals surface area contributed by atoms with Crippen LogP contribution in [-0.4, -0.2) is 57.7 Å². The number of methoxy groups -OCH3 is 1.